The molecule has 3 heterocycles. The van der Waals surface area contributed by atoms with E-state index < -0.39 is 12.2 Å². The van der Waals surface area contributed by atoms with Crippen LogP contribution in [0.1, 0.15) is 31.2 Å². The van der Waals surface area contributed by atoms with Gasteiger partial charge in [-0.25, -0.2) is 9.48 Å². The van der Waals surface area contributed by atoms with Crippen LogP contribution >= 0.6 is 0 Å². The summed E-state index contributed by atoms with van der Waals surface area (Å²) < 4.78 is 30.3. The minimum Gasteiger partial charge on any atom is -0.417 e. The Balaban J connectivity index is 1.47. The summed E-state index contributed by atoms with van der Waals surface area (Å²) in [5.41, 5.74) is -0.0851. The van der Waals surface area contributed by atoms with Gasteiger partial charge in [0, 0.05) is 38.0 Å². The summed E-state index contributed by atoms with van der Waals surface area (Å²) in [7, 11) is 1.46. The Bertz CT molecular complexity index is 844. The molecule has 9 heteroatoms. The molecule has 4 rings (SSSR count). The fraction of sp³-hybridized carbons (Fsp3) is 0.474. The molecule has 2 aromatic rings. The van der Waals surface area contributed by atoms with Gasteiger partial charge in [0.25, 0.3) is 0 Å². The van der Waals surface area contributed by atoms with Gasteiger partial charge >= 0.3 is 12.6 Å². The number of nitrogens with one attached hydrogen (secondary N) is 1. The Morgan fingerprint density at radius 1 is 1.29 bits per heavy atom. The second kappa shape index (κ2) is 7.05. The molecule has 28 heavy (non-hydrogen) atoms. The van der Waals surface area contributed by atoms with E-state index in [0.29, 0.717) is 12.8 Å². The molecular formula is C19H22F2N4O3. The number of urea groups is 1. The summed E-state index contributed by atoms with van der Waals surface area (Å²) in [5.74, 6) is 0.0109. The van der Waals surface area contributed by atoms with Crippen LogP contribution in [0, 0.1) is 0 Å². The quantitative estimate of drug-likeness (QED) is 0.838. The lowest BCUT2D eigenvalue weighted by molar-refractivity contribution is -0.0553. The molecule has 2 bridgehead atoms. The first-order valence-electron chi connectivity index (χ1n) is 9.22. The average Bonchev–Trinajstić information content (AvgIpc) is 3.12. The second-order valence-electron chi connectivity index (χ2n) is 7.40. The van der Waals surface area contributed by atoms with Crippen LogP contribution in [0.15, 0.2) is 36.4 Å². The molecule has 2 unspecified atom stereocenters. The largest absolute Gasteiger partial charge is 0.417 e. The standard InChI is InChI=1S/C19H22F2N4O3/c1-24-16(28-17(20)21)9-15(23-24)22-18(26)25-13-7-8-14(25)11-19(27,10-13)12-5-3-2-4-6-12/h2-6,9,13-14,17,27H,7-8,10-11H2,1H3,(H,22,23,26). The Kier molecular flexibility index (Phi) is 4.70. The molecule has 7 nitrogen and oxygen atoms in total. The highest BCUT2D eigenvalue weighted by Gasteiger charge is 2.50. The number of hydrogen-bond acceptors (Lipinski definition) is 4. The lowest BCUT2D eigenvalue weighted by Gasteiger charge is -2.43. The first-order chi connectivity index (χ1) is 13.4. The molecule has 2 fully saturated rings. The van der Waals surface area contributed by atoms with E-state index in [1.54, 1.807) is 4.90 Å². The van der Waals surface area contributed by atoms with E-state index in [1.807, 2.05) is 30.3 Å². The Labute approximate surface area is 160 Å². The van der Waals surface area contributed by atoms with Gasteiger partial charge in [0.15, 0.2) is 5.82 Å². The smallest absolute Gasteiger partial charge is 0.388 e. The highest BCUT2D eigenvalue weighted by atomic mass is 19.3. The third kappa shape index (κ3) is 3.42. The maximum atomic E-state index is 12.8. The third-order valence-corrected chi connectivity index (χ3v) is 5.59. The first kappa shape index (κ1) is 18.7. The number of carbonyl (C=O) groups is 1. The zero-order chi connectivity index (χ0) is 19.9. The van der Waals surface area contributed by atoms with Crippen molar-refractivity contribution in [3.63, 3.8) is 0 Å². The van der Waals surface area contributed by atoms with Gasteiger partial charge in [0.05, 0.1) is 5.60 Å². The number of amides is 2. The maximum absolute atomic E-state index is 12.8. The predicted molar refractivity (Wildman–Crippen MR) is 97.1 cm³/mol. The van der Waals surface area contributed by atoms with Gasteiger partial charge in [-0.1, -0.05) is 30.3 Å². The van der Waals surface area contributed by atoms with E-state index in [9.17, 15) is 18.7 Å². The number of benzene rings is 1. The molecule has 150 valence electrons. The second-order valence-corrected chi connectivity index (χ2v) is 7.40. The molecule has 1 aromatic carbocycles. The number of nitrogens with zero attached hydrogens (tertiary/aromatic N) is 3. The summed E-state index contributed by atoms with van der Waals surface area (Å²) >= 11 is 0. The number of rotatable bonds is 4. The highest BCUT2D eigenvalue weighted by Crippen LogP contribution is 2.45. The number of fused-ring (bicyclic) bond motifs is 2. The monoisotopic (exact) mass is 392 g/mol. The molecule has 2 aliphatic rings. The normalized spacial score (nSPS) is 26.5. The molecule has 1 aromatic heterocycles. The van der Waals surface area contributed by atoms with Crippen molar-refractivity contribution >= 4 is 11.8 Å². The predicted octanol–water partition coefficient (Wildman–Crippen LogP) is 3.07. The van der Waals surface area contributed by atoms with Crippen molar-refractivity contribution in [2.75, 3.05) is 5.32 Å². The van der Waals surface area contributed by atoms with Crippen LogP contribution < -0.4 is 10.1 Å². The Morgan fingerprint density at radius 3 is 2.54 bits per heavy atom. The SMILES string of the molecule is Cn1nc(NC(=O)N2C3CCC2CC(O)(c2ccccc2)C3)cc1OC(F)F. The Hall–Kier alpha value is -2.68. The number of ether oxygens (including phenoxy) is 1. The van der Waals surface area contributed by atoms with Crippen LogP contribution in [0.25, 0.3) is 0 Å². The van der Waals surface area contributed by atoms with Crippen LogP contribution in [0.4, 0.5) is 19.4 Å². The molecule has 2 N–H and O–H groups in total. The summed E-state index contributed by atoms with van der Waals surface area (Å²) in [5, 5.41) is 17.8. The van der Waals surface area contributed by atoms with Crippen LogP contribution in [-0.4, -0.2) is 44.5 Å². The molecule has 0 aliphatic carbocycles. The lowest BCUT2D eigenvalue weighted by Crippen LogP contribution is -2.53. The molecule has 2 atom stereocenters. The van der Waals surface area contributed by atoms with E-state index in [-0.39, 0.29) is 29.8 Å². The molecule has 0 spiro atoms. The van der Waals surface area contributed by atoms with Gasteiger partial charge in [0.1, 0.15) is 0 Å². The number of carbonyl (C=O) groups excluding carboxylic acids is 1. The van der Waals surface area contributed by atoms with Crippen molar-refractivity contribution in [2.24, 2.45) is 7.05 Å². The van der Waals surface area contributed by atoms with Crippen molar-refractivity contribution < 1.29 is 23.4 Å². The van der Waals surface area contributed by atoms with Gasteiger partial charge < -0.3 is 14.7 Å². The van der Waals surface area contributed by atoms with Gasteiger partial charge in [-0.3, -0.25) is 5.32 Å². The fourth-order valence-electron chi connectivity index (χ4n) is 4.43. The summed E-state index contributed by atoms with van der Waals surface area (Å²) in [6.07, 6.45) is 2.55. The van der Waals surface area contributed by atoms with E-state index in [0.717, 1.165) is 23.1 Å². The van der Waals surface area contributed by atoms with Crippen molar-refractivity contribution in [2.45, 2.75) is 50.0 Å². The first-order valence-corrected chi connectivity index (χ1v) is 9.22. The fourth-order valence-corrected chi connectivity index (χ4v) is 4.43. The van der Waals surface area contributed by atoms with E-state index in [4.69, 9.17) is 0 Å². The molecular weight excluding hydrogens is 370 g/mol. The molecule has 0 saturated carbocycles. The number of piperidine rings is 1. The zero-order valence-corrected chi connectivity index (χ0v) is 15.4. The molecule has 2 aliphatic heterocycles. The number of halogens is 2. The van der Waals surface area contributed by atoms with Gasteiger partial charge in [-0.15, -0.1) is 0 Å². The minimum absolute atomic E-state index is 0.0931. The molecule has 2 saturated heterocycles. The number of alkyl halides is 2. The van der Waals surface area contributed by atoms with Crippen LogP contribution in [-0.2, 0) is 12.6 Å². The number of aryl methyl sites for hydroxylation is 1. The highest BCUT2D eigenvalue weighted by molar-refractivity contribution is 5.89. The van der Waals surface area contributed by atoms with Gasteiger partial charge in [-0.05, 0) is 18.4 Å². The van der Waals surface area contributed by atoms with Crippen molar-refractivity contribution in [1.29, 1.82) is 0 Å². The summed E-state index contributed by atoms with van der Waals surface area (Å²) in [6.45, 7) is -2.97. The minimum atomic E-state index is -2.97. The lowest BCUT2D eigenvalue weighted by atomic mass is 9.80. The third-order valence-electron chi connectivity index (χ3n) is 5.59. The number of aliphatic hydroxyl groups is 1. The van der Waals surface area contributed by atoms with E-state index in [2.05, 4.69) is 15.2 Å². The van der Waals surface area contributed by atoms with Crippen molar-refractivity contribution in [1.82, 2.24) is 14.7 Å². The van der Waals surface area contributed by atoms with Crippen LogP contribution in [0.3, 0.4) is 0 Å². The van der Waals surface area contributed by atoms with Gasteiger partial charge in [0.2, 0.25) is 5.88 Å². The maximum Gasteiger partial charge on any atom is 0.388 e. The van der Waals surface area contributed by atoms with Crippen LogP contribution in [0.2, 0.25) is 0 Å². The average molecular weight is 392 g/mol. The summed E-state index contributed by atoms with van der Waals surface area (Å²) in [4.78, 5) is 14.6. The van der Waals surface area contributed by atoms with Crippen LogP contribution in [0.5, 0.6) is 5.88 Å². The number of hydrogen-bond donors (Lipinski definition) is 2. The van der Waals surface area contributed by atoms with E-state index >= 15 is 0 Å². The molecule has 2 amide bonds. The number of anilines is 1. The van der Waals surface area contributed by atoms with Crippen molar-refractivity contribution in [3.8, 4) is 5.88 Å². The van der Waals surface area contributed by atoms with E-state index in [1.165, 1.54) is 13.1 Å². The Morgan fingerprint density at radius 2 is 1.93 bits per heavy atom. The number of aromatic nitrogens is 2. The topological polar surface area (TPSA) is 79.6 Å². The summed E-state index contributed by atoms with van der Waals surface area (Å²) in [6, 6.07) is 10.3. The zero-order valence-electron chi connectivity index (χ0n) is 15.4. The molecule has 0 radical (unpaired) electrons. The van der Waals surface area contributed by atoms with Crippen molar-refractivity contribution in [3.05, 3.63) is 42.0 Å². The van der Waals surface area contributed by atoms with Gasteiger partial charge in [-0.2, -0.15) is 13.9 Å².